The van der Waals surface area contributed by atoms with Crippen molar-refractivity contribution >= 4 is 40.6 Å². The van der Waals surface area contributed by atoms with Gasteiger partial charge in [-0.25, -0.2) is 0 Å². The summed E-state index contributed by atoms with van der Waals surface area (Å²) in [5.41, 5.74) is 2.48. The zero-order chi connectivity index (χ0) is 14.7. The Hall–Kier alpha value is -0.970. The SMILES string of the molecule is O=C(CSCc1cccc(Cl)c1)N1CCc2sccc2C1. The van der Waals surface area contributed by atoms with Crippen molar-refractivity contribution in [2.45, 2.75) is 18.7 Å². The van der Waals surface area contributed by atoms with Gasteiger partial charge >= 0.3 is 0 Å². The van der Waals surface area contributed by atoms with Gasteiger partial charge in [-0.2, -0.15) is 0 Å². The summed E-state index contributed by atoms with van der Waals surface area (Å²) in [5.74, 6) is 1.59. The molecule has 2 nitrogen and oxygen atoms in total. The zero-order valence-corrected chi connectivity index (χ0v) is 13.9. The summed E-state index contributed by atoms with van der Waals surface area (Å²) in [7, 11) is 0. The van der Waals surface area contributed by atoms with Gasteiger partial charge in [0.15, 0.2) is 0 Å². The lowest BCUT2D eigenvalue weighted by Crippen LogP contribution is -2.36. The van der Waals surface area contributed by atoms with Crippen LogP contribution in [0.1, 0.15) is 16.0 Å². The van der Waals surface area contributed by atoms with Gasteiger partial charge in [0.25, 0.3) is 0 Å². The molecule has 21 heavy (non-hydrogen) atoms. The third kappa shape index (κ3) is 3.82. The van der Waals surface area contributed by atoms with Gasteiger partial charge in [0.05, 0.1) is 5.75 Å². The number of carbonyl (C=O) groups excluding carboxylic acids is 1. The van der Waals surface area contributed by atoms with Crippen LogP contribution in [0.15, 0.2) is 35.7 Å². The highest BCUT2D eigenvalue weighted by molar-refractivity contribution is 7.99. The maximum absolute atomic E-state index is 12.3. The number of thioether (sulfide) groups is 1. The molecule has 0 atom stereocenters. The topological polar surface area (TPSA) is 20.3 Å². The van der Waals surface area contributed by atoms with Crippen LogP contribution in [0.25, 0.3) is 0 Å². The first-order valence-electron chi connectivity index (χ1n) is 6.87. The molecule has 2 aromatic rings. The highest BCUT2D eigenvalue weighted by Crippen LogP contribution is 2.25. The van der Waals surface area contributed by atoms with Gasteiger partial charge in [-0.05, 0) is 41.1 Å². The molecular weight excluding hydrogens is 322 g/mol. The van der Waals surface area contributed by atoms with Gasteiger partial charge in [-0.1, -0.05) is 23.7 Å². The lowest BCUT2D eigenvalue weighted by molar-refractivity contribution is -0.129. The quantitative estimate of drug-likeness (QED) is 0.832. The van der Waals surface area contributed by atoms with Crippen LogP contribution < -0.4 is 0 Å². The Morgan fingerprint density at radius 1 is 1.38 bits per heavy atom. The van der Waals surface area contributed by atoms with E-state index < -0.39 is 0 Å². The molecule has 0 radical (unpaired) electrons. The molecule has 110 valence electrons. The number of hydrogen-bond donors (Lipinski definition) is 0. The van der Waals surface area contributed by atoms with Crippen LogP contribution in [0.3, 0.4) is 0 Å². The molecular formula is C16H16ClNOS2. The summed E-state index contributed by atoms with van der Waals surface area (Å²) in [6.07, 6.45) is 0.998. The molecule has 0 unspecified atom stereocenters. The van der Waals surface area contributed by atoms with E-state index in [-0.39, 0.29) is 5.91 Å². The fraction of sp³-hybridized carbons (Fsp3) is 0.312. The smallest absolute Gasteiger partial charge is 0.232 e. The van der Waals surface area contributed by atoms with Gasteiger partial charge in [-0.15, -0.1) is 23.1 Å². The van der Waals surface area contributed by atoms with Crippen LogP contribution in [-0.2, 0) is 23.5 Å². The van der Waals surface area contributed by atoms with Crippen molar-refractivity contribution in [2.75, 3.05) is 12.3 Å². The molecule has 2 heterocycles. The summed E-state index contributed by atoms with van der Waals surface area (Å²) in [4.78, 5) is 15.7. The average molecular weight is 338 g/mol. The minimum Gasteiger partial charge on any atom is -0.337 e. The summed E-state index contributed by atoms with van der Waals surface area (Å²) < 4.78 is 0. The maximum atomic E-state index is 12.3. The molecule has 0 spiro atoms. The van der Waals surface area contributed by atoms with Crippen molar-refractivity contribution in [1.29, 1.82) is 0 Å². The molecule has 1 aromatic carbocycles. The number of rotatable bonds is 4. The third-order valence-corrected chi connectivity index (χ3v) is 5.79. The fourth-order valence-electron chi connectivity index (χ4n) is 2.44. The Balaban J connectivity index is 1.49. The van der Waals surface area contributed by atoms with Crippen LogP contribution in [0.5, 0.6) is 0 Å². The minimum absolute atomic E-state index is 0.235. The van der Waals surface area contributed by atoms with E-state index >= 15 is 0 Å². The lowest BCUT2D eigenvalue weighted by Gasteiger charge is -2.27. The Morgan fingerprint density at radius 2 is 2.29 bits per heavy atom. The second-order valence-corrected chi connectivity index (χ2v) is 7.48. The Morgan fingerprint density at radius 3 is 3.14 bits per heavy atom. The van der Waals surface area contributed by atoms with Crippen molar-refractivity contribution in [3.63, 3.8) is 0 Å². The molecule has 0 N–H and O–H groups in total. The first-order chi connectivity index (χ1) is 10.2. The second-order valence-electron chi connectivity index (χ2n) is 5.06. The molecule has 3 rings (SSSR count). The Bertz CT molecular complexity index is 641. The predicted octanol–water partition coefficient (Wildman–Crippen LogP) is 4.22. The van der Waals surface area contributed by atoms with Gasteiger partial charge in [0.1, 0.15) is 0 Å². The Labute approximate surface area is 138 Å². The van der Waals surface area contributed by atoms with Gasteiger partial charge in [0, 0.05) is 28.7 Å². The zero-order valence-electron chi connectivity index (χ0n) is 11.5. The molecule has 0 aliphatic carbocycles. The largest absolute Gasteiger partial charge is 0.337 e. The number of fused-ring (bicyclic) bond motifs is 1. The van der Waals surface area contributed by atoms with E-state index in [0.717, 1.165) is 30.3 Å². The van der Waals surface area contributed by atoms with Crippen LogP contribution in [-0.4, -0.2) is 23.1 Å². The monoisotopic (exact) mass is 337 g/mol. The van der Waals surface area contributed by atoms with Gasteiger partial charge in [-0.3, -0.25) is 4.79 Å². The molecule has 1 aliphatic heterocycles. The van der Waals surface area contributed by atoms with Gasteiger partial charge in [0.2, 0.25) is 5.91 Å². The van der Waals surface area contributed by atoms with E-state index in [2.05, 4.69) is 11.4 Å². The van der Waals surface area contributed by atoms with E-state index in [4.69, 9.17) is 11.6 Å². The number of carbonyl (C=O) groups is 1. The van der Waals surface area contributed by atoms with E-state index in [1.54, 1.807) is 23.1 Å². The number of amides is 1. The van der Waals surface area contributed by atoms with Crippen molar-refractivity contribution in [2.24, 2.45) is 0 Å². The van der Waals surface area contributed by atoms with Crippen LogP contribution >= 0.6 is 34.7 Å². The van der Waals surface area contributed by atoms with Crippen LogP contribution in [0, 0.1) is 0 Å². The number of thiophene rings is 1. The number of hydrogen-bond acceptors (Lipinski definition) is 3. The highest BCUT2D eigenvalue weighted by Gasteiger charge is 2.21. The molecule has 0 fully saturated rings. The summed E-state index contributed by atoms with van der Waals surface area (Å²) in [5, 5.41) is 2.87. The molecule has 1 aromatic heterocycles. The van der Waals surface area contributed by atoms with Crippen molar-refractivity contribution in [3.05, 3.63) is 56.7 Å². The van der Waals surface area contributed by atoms with Crippen molar-refractivity contribution in [1.82, 2.24) is 4.90 Å². The van der Waals surface area contributed by atoms with Crippen LogP contribution in [0.4, 0.5) is 0 Å². The molecule has 1 amide bonds. The number of benzene rings is 1. The predicted molar refractivity (Wildman–Crippen MR) is 91.1 cm³/mol. The Kier molecular flexibility index (Phi) is 4.88. The lowest BCUT2D eigenvalue weighted by atomic mass is 10.1. The first kappa shape index (κ1) is 14.9. The maximum Gasteiger partial charge on any atom is 0.232 e. The highest BCUT2D eigenvalue weighted by atomic mass is 35.5. The van der Waals surface area contributed by atoms with E-state index in [0.29, 0.717) is 5.75 Å². The van der Waals surface area contributed by atoms with E-state index in [1.165, 1.54) is 16.0 Å². The van der Waals surface area contributed by atoms with Crippen molar-refractivity contribution < 1.29 is 4.79 Å². The second kappa shape index (κ2) is 6.86. The normalized spacial score (nSPS) is 14.0. The minimum atomic E-state index is 0.235. The molecule has 0 saturated heterocycles. The molecule has 0 saturated carbocycles. The summed E-state index contributed by atoms with van der Waals surface area (Å²) in [6.45, 7) is 1.62. The molecule has 1 aliphatic rings. The van der Waals surface area contributed by atoms with E-state index in [1.807, 2.05) is 29.2 Å². The third-order valence-electron chi connectivity index (χ3n) is 3.54. The van der Waals surface area contributed by atoms with Crippen molar-refractivity contribution in [3.8, 4) is 0 Å². The van der Waals surface area contributed by atoms with Crippen LogP contribution in [0.2, 0.25) is 5.02 Å². The summed E-state index contributed by atoms with van der Waals surface area (Å²) >= 11 is 9.41. The number of halogens is 1. The number of nitrogens with zero attached hydrogens (tertiary/aromatic N) is 1. The molecule has 5 heteroatoms. The average Bonchev–Trinajstić information content (AvgIpc) is 2.94. The molecule has 0 bridgehead atoms. The standard InChI is InChI=1S/C16H16ClNOS2/c17-14-3-1-2-12(8-14)10-20-11-16(19)18-6-4-15-13(9-18)5-7-21-15/h1-3,5,7-8H,4,6,9-11H2. The fourth-order valence-corrected chi connectivity index (χ4v) is 4.41. The van der Waals surface area contributed by atoms with Gasteiger partial charge < -0.3 is 4.90 Å². The van der Waals surface area contributed by atoms with E-state index in [9.17, 15) is 4.79 Å². The first-order valence-corrected chi connectivity index (χ1v) is 9.29. The summed E-state index contributed by atoms with van der Waals surface area (Å²) in [6, 6.07) is 9.95.